The van der Waals surface area contributed by atoms with Crippen molar-refractivity contribution in [1.82, 2.24) is 4.98 Å². The predicted octanol–water partition coefficient (Wildman–Crippen LogP) is 1.13. The fourth-order valence-corrected chi connectivity index (χ4v) is 1.29. The number of aliphatic hydroxyl groups is 1. The number of aliphatic hydroxyl groups excluding tert-OH is 1. The number of ether oxygens (including phenoxy) is 1. The molecule has 0 bridgehead atoms. The number of aromatic nitrogens is 1. The summed E-state index contributed by atoms with van der Waals surface area (Å²) >= 11 is 5.73. The van der Waals surface area contributed by atoms with Gasteiger partial charge in [-0.3, -0.25) is 4.98 Å². The third kappa shape index (κ3) is 2.57. The van der Waals surface area contributed by atoms with Gasteiger partial charge in [0.25, 0.3) is 0 Å². The fourth-order valence-electron chi connectivity index (χ4n) is 1.14. The maximum absolute atomic E-state index is 9.66. The van der Waals surface area contributed by atoms with Gasteiger partial charge in [-0.1, -0.05) is 11.6 Å². The van der Waals surface area contributed by atoms with Crippen LogP contribution in [0.5, 0.6) is 5.75 Å². The van der Waals surface area contributed by atoms with E-state index in [-0.39, 0.29) is 0 Å². The zero-order valence-corrected chi connectivity index (χ0v) is 8.66. The van der Waals surface area contributed by atoms with Gasteiger partial charge < -0.3 is 15.6 Å². The number of hydrogen-bond acceptors (Lipinski definition) is 4. The Labute approximate surface area is 87.7 Å². The molecule has 14 heavy (non-hydrogen) atoms. The van der Waals surface area contributed by atoms with Crippen molar-refractivity contribution in [2.75, 3.05) is 13.7 Å². The molecule has 1 rings (SSSR count). The molecule has 0 saturated heterocycles. The highest BCUT2D eigenvalue weighted by Crippen LogP contribution is 2.27. The van der Waals surface area contributed by atoms with E-state index in [0.29, 0.717) is 29.4 Å². The van der Waals surface area contributed by atoms with Crippen molar-refractivity contribution in [3.05, 3.63) is 23.0 Å². The lowest BCUT2D eigenvalue weighted by Crippen LogP contribution is -2.09. The van der Waals surface area contributed by atoms with Crippen LogP contribution in [0.3, 0.4) is 0 Å². The van der Waals surface area contributed by atoms with Crippen LogP contribution in [0.2, 0.25) is 5.02 Å². The molecule has 78 valence electrons. The average Bonchev–Trinajstić information content (AvgIpc) is 2.17. The van der Waals surface area contributed by atoms with E-state index in [1.807, 2.05) is 0 Å². The third-order valence-electron chi connectivity index (χ3n) is 1.82. The smallest absolute Gasteiger partial charge is 0.144 e. The van der Waals surface area contributed by atoms with Gasteiger partial charge in [-0.25, -0.2) is 0 Å². The van der Waals surface area contributed by atoms with Crippen molar-refractivity contribution in [3.63, 3.8) is 0 Å². The lowest BCUT2D eigenvalue weighted by atomic mass is 10.1. The quantitative estimate of drug-likeness (QED) is 0.792. The Morgan fingerprint density at radius 3 is 3.00 bits per heavy atom. The first-order chi connectivity index (χ1) is 6.69. The zero-order valence-electron chi connectivity index (χ0n) is 7.90. The summed E-state index contributed by atoms with van der Waals surface area (Å²) in [5.74, 6) is 0.485. The van der Waals surface area contributed by atoms with Crippen LogP contribution in [0, 0.1) is 0 Å². The van der Waals surface area contributed by atoms with Crippen LogP contribution in [0.1, 0.15) is 18.2 Å². The second-order valence-corrected chi connectivity index (χ2v) is 3.27. The molecule has 0 aromatic carbocycles. The van der Waals surface area contributed by atoms with Crippen molar-refractivity contribution in [2.24, 2.45) is 5.73 Å². The Balaban J connectivity index is 2.95. The molecule has 0 spiro atoms. The largest absolute Gasteiger partial charge is 0.495 e. The molecule has 0 aliphatic rings. The van der Waals surface area contributed by atoms with E-state index in [2.05, 4.69) is 4.98 Å². The van der Waals surface area contributed by atoms with Crippen molar-refractivity contribution in [3.8, 4) is 5.75 Å². The lowest BCUT2D eigenvalue weighted by molar-refractivity contribution is 0.161. The minimum atomic E-state index is -0.702. The minimum absolute atomic E-state index is 0.397. The van der Waals surface area contributed by atoms with E-state index in [0.717, 1.165) is 0 Å². The fraction of sp³-hybridized carbons (Fsp3) is 0.444. The van der Waals surface area contributed by atoms with Crippen LogP contribution in [0.15, 0.2) is 12.3 Å². The van der Waals surface area contributed by atoms with Crippen LogP contribution < -0.4 is 10.5 Å². The molecular weight excluding hydrogens is 204 g/mol. The number of rotatable bonds is 4. The molecule has 0 aliphatic heterocycles. The Kier molecular flexibility index (Phi) is 4.13. The molecule has 1 atom stereocenters. The summed E-state index contributed by atoms with van der Waals surface area (Å²) < 4.78 is 5.05. The molecule has 0 saturated carbocycles. The first-order valence-corrected chi connectivity index (χ1v) is 4.64. The Hall–Kier alpha value is -0.840. The Morgan fingerprint density at radius 2 is 2.43 bits per heavy atom. The topological polar surface area (TPSA) is 68.4 Å². The van der Waals surface area contributed by atoms with E-state index in [1.54, 1.807) is 6.07 Å². The number of nitrogens with zero attached hydrogens (tertiary/aromatic N) is 1. The first-order valence-electron chi connectivity index (χ1n) is 4.26. The summed E-state index contributed by atoms with van der Waals surface area (Å²) in [5, 5.41) is 10.1. The Bertz CT molecular complexity index is 307. The summed E-state index contributed by atoms with van der Waals surface area (Å²) in [4.78, 5) is 4.01. The lowest BCUT2D eigenvalue weighted by Gasteiger charge is -2.12. The standard InChI is InChI=1S/C9H13ClN2O2/c1-14-8-4-6(10)5-12-9(8)7(13)2-3-11/h4-5,7,13H,2-3,11H2,1H3. The first kappa shape index (κ1) is 11.2. The van der Waals surface area contributed by atoms with Gasteiger partial charge in [0.2, 0.25) is 0 Å². The van der Waals surface area contributed by atoms with Crippen LogP contribution in [0.4, 0.5) is 0 Å². The number of pyridine rings is 1. The number of methoxy groups -OCH3 is 1. The summed E-state index contributed by atoms with van der Waals surface area (Å²) in [6.07, 6.45) is 1.22. The maximum atomic E-state index is 9.66. The van der Waals surface area contributed by atoms with Gasteiger partial charge in [0.05, 0.1) is 12.1 Å². The highest BCUT2D eigenvalue weighted by molar-refractivity contribution is 6.30. The molecule has 3 N–H and O–H groups in total. The zero-order chi connectivity index (χ0) is 10.6. The van der Waals surface area contributed by atoms with Crippen LogP contribution >= 0.6 is 11.6 Å². The monoisotopic (exact) mass is 216 g/mol. The second kappa shape index (κ2) is 5.14. The SMILES string of the molecule is COc1cc(Cl)cnc1C(O)CCN. The number of nitrogens with two attached hydrogens (primary N) is 1. The van der Waals surface area contributed by atoms with Crippen molar-refractivity contribution >= 4 is 11.6 Å². The summed E-state index contributed by atoms with van der Waals surface area (Å²) in [6.45, 7) is 0.397. The molecule has 1 aromatic rings. The predicted molar refractivity (Wildman–Crippen MR) is 54.4 cm³/mol. The van der Waals surface area contributed by atoms with Gasteiger partial charge in [0, 0.05) is 12.3 Å². The second-order valence-electron chi connectivity index (χ2n) is 2.83. The number of hydrogen-bond donors (Lipinski definition) is 2. The van der Waals surface area contributed by atoms with Gasteiger partial charge in [0.15, 0.2) is 0 Å². The van der Waals surface area contributed by atoms with Gasteiger partial charge in [-0.15, -0.1) is 0 Å². The molecule has 0 amide bonds. The molecule has 0 radical (unpaired) electrons. The normalized spacial score (nSPS) is 12.6. The van der Waals surface area contributed by atoms with Crippen LogP contribution in [0.25, 0.3) is 0 Å². The highest BCUT2D eigenvalue weighted by atomic mass is 35.5. The maximum Gasteiger partial charge on any atom is 0.144 e. The van der Waals surface area contributed by atoms with E-state index < -0.39 is 6.10 Å². The molecule has 4 nitrogen and oxygen atoms in total. The highest BCUT2D eigenvalue weighted by Gasteiger charge is 2.14. The van der Waals surface area contributed by atoms with E-state index in [9.17, 15) is 5.11 Å². The molecule has 1 heterocycles. The Morgan fingerprint density at radius 1 is 1.71 bits per heavy atom. The van der Waals surface area contributed by atoms with Crippen molar-refractivity contribution < 1.29 is 9.84 Å². The summed E-state index contributed by atoms with van der Waals surface area (Å²) in [6, 6.07) is 1.61. The molecule has 0 aliphatic carbocycles. The summed E-state index contributed by atoms with van der Waals surface area (Å²) in [5.41, 5.74) is 5.81. The molecule has 0 fully saturated rings. The molecule has 5 heteroatoms. The van der Waals surface area contributed by atoms with E-state index >= 15 is 0 Å². The minimum Gasteiger partial charge on any atom is -0.495 e. The third-order valence-corrected chi connectivity index (χ3v) is 2.03. The van der Waals surface area contributed by atoms with E-state index in [4.69, 9.17) is 22.1 Å². The van der Waals surface area contributed by atoms with E-state index in [1.165, 1.54) is 13.3 Å². The summed E-state index contributed by atoms with van der Waals surface area (Å²) in [7, 11) is 1.51. The van der Waals surface area contributed by atoms with Crippen LogP contribution in [-0.2, 0) is 0 Å². The average molecular weight is 217 g/mol. The molecule has 1 aromatic heterocycles. The van der Waals surface area contributed by atoms with Crippen molar-refractivity contribution in [2.45, 2.75) is 12.5 Å². The van der Waals surface area contributed by atoms with Crippen molar-refractivity contribution in [1.29, 1.82) is 0 Å². The van der Waals surface area contributed by atoms with Gasteiger partial charge in [-0.05, 0) is 13.0 Å². The van der Waals surface area contributed by atoms with Gasteiger partial charge in [-0.2, -0.15) is 0 Å². The molecular formula is C9H13ClN2O2. The molecule has 1 unspecified atom stereocenters. The van der Waals surface area contributed by atoms with Gasteiger partial charge >= 0.3 is 0 Å². The number of halogens is 1. The van der Waals surface area contributed by atoms with Crippen LogP contribution in [-0.4, -0.2) is 23.7 Å². The van der Waals surface area contributed by atoms with Gasteiger partial charge in [0.1, 0.15) is 17.5 Å².